The molecule has 0 aliphatic carbocycles. The summed E-state index contributed by atoms with van der Waals surface area (Å²) in [6.45, 7) is 1.60. The highest BCUT2D eigenvalue weighted by atomic mass is 32.1. The third-order valence-electron chi connectivity index (χ3n) is 2.77. The van der Waals surface area contributed by atoms with Gasteiger partial charge in [-0.3, -0.25) is 4.79 Å². The van der Waals surface area contributed by atoms with Crippen LogP contribution in [0.3, 0.4) is 0 Å². The molecule has 21 heavy (non-hydrogen) atoms. The van der Waals surface area contributed by atoms with Gasteiger partial charge in [0.1, 0.15) is 16.5 Å². The van der Waals surface area contributed by atoms with Crippen molar-refractivity contribution in [2.24, 2.45) is 0 Å². The largest absolute Gasteiger partial charge is 0.477 e. The van der Waals surface area contributed by atoms with E-state index in [2.05, 4.69) is 5.32 Å². The highest BCUT2D eigenvalue weighted by Crippen LogP contribution is 2.26. The van der Waals surface area contributed by atoms with E-state index in [4.69, 9.17) is 5.11 Å². The zero-order chi connectivity index (χ0) is 15.6. The number of rotatable bonds is 4. The van der Waals surface area contributed by atoms with Gasteiger partial charge >= 0.3 is 5.97 Å². The molecule has 2 N–H and O–H groups in total. The second-order valence-electron chi connectivity index (χ2n) is 4.35. The lowest BCUT2D eigenvalue weighted by atomic mass is 10.1. The normalized spacial score (nSPS) is 10.4. The molecule has 0 saturated carbocycles. The van der Waals surface area contributed by atoms with Crippen LogP contribution in [-0.2, 0) is 11.2 Å². The van der Waals surface area contributed by atoms with Crippen molar-refractivity contribution in [1.82, 2.24) is 0 Å². The fourth-order valence-electron chi connectivity index (χ4n) is 1.80. The van der Waals surface area contributed by atoms with Crippen molar-refractivity contribution in [3.8, 4) is 0 Å². The first-order valence-corrected chi connectivity index (χ1v) is 6.76. The molecule has 1 aromatic heterocycles. The number of anilines is 1. The van der Waals surface area contributed by atoms with E-state index >= 15 is 0 Å². The van der Waals surface area contributed by atoms with Crippen molar-refractivity contribution in [2.75, 3.05) is 5.32 Å². The molecule has 0 fully saturated rings. The maximum absolute atomic E-state index is 13.4. The molecule has 0 bridgehead atoms. The Kier molecular flexibility index (Phi) is 4.32. The summed E-state index contributed by atoms with van der Waals surface area (Å²) in [7, 11) is 0. The first-order valence-electron chi connectivity index (χ1n) is 5.95. The number of hydrogen-bond donors (Lipinski definition) is 2. The van der Waals surface area contributed by atoms with E-state index in [0.29, 0.717) is 10.6 Å². The molecule has 0 spiro atoms. The molecule has 0 aliphatic heterocycles. The van der Waals surface area contributed by atoms with Crippen LogP contribution in [-0.4, -0.2) is 17.0 Å². The summed E-state index contributed by atoms with van der Waals surface area (Å²) in [5.74, 6) is -3.28. The molecule has 4 nitrogen and oxygen atoms in total. The lowest BCUT2D eigenvalue weighted by molar-refractivity contribution is -0.115. The SMILES string of the molecule is Cc1cc(NC(=O)Cc2c(F)cccc2F)sc1C(=O)O. The molecule has 110 valence electrons. The summed E-state index contributed by atoms with van der Waals surface area (Å²) < 4.78 is 26.9. The van der Waals surface area contributed by atoms with E-state index in [1.807, 2.05) is 0 Å². The summed E-state index contributed by atoms with van der Waals surface area (Å²) in [4.78, 5) is 22.8. The third kappa shape index (κ3) is 3.43. The van der Waals surface area contributed by atoms with Crippen molar-refractivity contribution in [1.29, 1.82) is 0 Å². The fourth-order valence-corrected chi connectivity index (χ4v) is 2.73. The van der Waals surface area contributed by atoms with Gasteiger partial charge in [0.05, 0.1) is 11.4 Å². The molecule has 0 aliphatic rings. The topological polar surface area (TPSA) is 66.4 Å². The van der Waals surface area contributed by atoms with E-state index < -0.39 is 29.9 Å². The number of aromatic carboxylic acids is 1. The van der Waals surface area contributed by atoms with Gasteiger partial charge in [-0.2, -0.15) is 0 Å². The molecule has 0 atom stereocenters. The van der Waals surface area contributed by atoms with Crippen LogP contribution < -0.4 is 5.32 Å². The van der Waals surface area contributed by atoms with Crippen molar-refractivity contribution >= 4 is 28.2 Å². The van der Waals surface area contributed by atoms with E-state index in [0.717, 1.165) is 23.5 Å². The van der Waals surface area contributed by atoms with Gasteiger partial charge in [-0.1, -0.05) is 6.07 Å². The maximum Gasteiger partial charge on any atom is 0.346 e. The van der Waals surface area contributed by atoms with E-state index in [1.54, 1.807) is 6.92 Å². The molecule has 1 amide bonds. The number of carbonyl (C=O) groups is 2. The molecule has 1 aromatic carbocycles. The summed E-state index contributed by atoms with van der Waals surface area (Å²) >= 11 is 0.896. The zero-order valence-electron chi connectivity index (χ0n) is 10.9. The van der Waals surface area contributed by atoms with Crippen molar-refractivity contribution < 1.29 is 23.5 Å². The van der Waals surface area contributed by atoms with Gasteiger partial charge in [-0.05, 0) is 30.7 Å². The molecule has 0 unspecified atom stereocenters. The Morgan fingerprint density at radius 3 is 2.43 bits per heavy atom. The number of thiophene rings is 1. The first kappa shape index (κ1) is 15.1. The van der Waals surface area contributed by atoms with Crippen LogP contribution in [0, 0.1) is 18.6 Å². The number of nitrogens with one attached hydrogen (secondary N) is 1. The molecule has 1 heterocycles. The molecule has 7 heteroatoms. The van der Waals surface area contributed by atoms with Crippen LogP contribution in [0.4, 0.5) is 13.8 Å². The van der Waals surface area contributed by atoms with Gasteiger partial charge in [0, 0.05) is 5.56 Å². The number of hydrogen-bond acceptors (Lipinski definition) is 3. The Bertz CT molecular complexity index is 692. The summed E-state index contributed by atoms with van der Waals surface area (Å²) in [6.07, 6.45) is -0.460. The van der Waals surface area contributed by atoms with Gasteiger partial charge in [0.15, 0.2) is 0 Å². The minimum Gasteiger partial charge on any atom is -0.477 e. The minimum atomic E-state index is -1.09. The molecule has 0 saturated heterocycles. The molecule has 0 radical (unpaired) electrons. The van der Waals surface area contributed by atoms with Gasteiger partial charge in [-0.25, -0.2) is 13.6 Å². The van der Waals surface area contributed by atoms with Crippen molar-refractivity contribution in [2.45, 2.75) is 13.3 Å². The van der Waals surface area contributed by atoms with Crippen LogP contribution in [0.2, 0.25) is 0 Å². The number of halogens is 2. The predicted molar refractivity (Wildman–Crippen MR) is 74.7 cm³/mol. The minimum absolute atomic E-state index is 0.113. The summed E-state index contributed by atoms with van der Waals surface area (Å²) in [6, 6.07) is 4.87. The molecular formula is C14H11F2NO3S. The molecule has 2 aromatic rings. The maximum atomic E-state index is 13.4. The average molecular weight is 311 g/mol. The van der Waals surface area contributed by atoms with Crippen molar-refractivity contribution in [3.63, 3.8) is 0 Å². The van der Waals surface area contributed by atoms with Crippen LogP contribution in [0.5, 0.6) is 0 Å². The fraction of sp³-hybridized carbons (Fsp3) is 0.143. The lowest BCUT2D eigenvalue weighted by Gasteiger charge is -2.05. The first-order chi connectivity index (χ1) is 9.88. The quantitative estimate of drug-likeness (QED) is 0.911. The zero-order valence-corrected chi connectivity index (χ0v) is 11.8. The van der Waals surface area contributed by atoms with Gasteiger partial charge in [0.25, 0.3) is 0 Å². The summed E-state index contributed by atoms with van der Waals surface area (Å²) in [5, 5.41) is 11.7. The number of aryl methyl sites for hydroxylation is 1. The Morgan fingerprint density at radius 1 is 1.29 bits per heavy atom. The van der Waals surface area contributed by atoms with Gasteiger partial charge < -0.3 is 10.4 Å². The highest BCUT2D eigenvalue weighted by molar-refractivity contribution is 7.18. The highest BCUT2D eigenvalue weighted by Gasteiger charge is 2.16. The Hall–Kier alpha value is -2.28. The predicted octanol–water partition coefficient (Wildman–Crippen LogP) is 3.21. The Balaban J connectivity index is 2.12. The molecule has 2 rings (SSSR count). The molecular weight excluding hydrogens is 300 g/mol. The van der Waals surface area contributed by atoms with Crippen LogP contribution >= 0.6 is 11.3 Å². The second kappa shape index (κ2) is 6.01. The lowest BCUT2D eigenvalue weighted by Crippen LogP contribution is -2.15. The number of benzene rings is 1. The second-order valence-corrected chi connectivity index (χ2v) is 5.41. The standard InChI is InChI=1S/C14H11F2NO3S/c1-7-5-12(21-13(7)14(19)20)17-11(18)6-8-9(15)3-2-4-10(8)16/h2-5H,6H2,1H3,(H,17,18)(H,19,20). The monoisotopic (exact) mass is 311 g/mol. The number of amides is 1. The van der Waals surface area contributed by atoms with Crippen LogP contribution in [0.25, 0.3) is 0 Å². The number of carboxylic acids is 1. The smallest absolute Gasteiger partial charge is 0.346 e. The van der Waals surface area contributed by atoms with E-state index in [1.165, 1.54) is 12.1 Å². The Morgan fingerprint density at radius 2 is 1.90 bits per heavy atom. The number of carbonyl (C=O) groups excluding carboxylic acids is 1. The van der Waals surface area contributed by atoms with E-state index in [-0.39, 0.29) is 10.4 Å². The third-order valence-corrected chi connectivity index (χ3v) is 3.91. The van der Waals surface area contributed by atoms with Gasteiger partial charge in [0.2, 0.25) is 5.91 Å². The van der Waals surface area contributed by atoms with Gasteiger partial charge in [-0.15, -0.1) is 11.3 Å². The van der Waals surface area contributed by atoms with E-state index in [9.17, 15) is 18.4 Å². The van der Waals surface area contributed by atoms with Crippen molar-refractivity contribution in [3.05, 3.63) is 51.9 Å². The number of carboxylic acid groups (broad SMARTS) is 1. The average Bonchev–Trinajstić information content (AvgIpc) is 2.75. The summed E-state index contributed by atoms with van der Waals surface area (Å²) in [5.41, 5.74) is 0.196. The van der Waals surface area contributed by atoms with Crippen LogP contribution in [0.1, 0.15) is 20.8 Å². The van der Waals surface area contributed by atoms with Crippen LogP contribution in [0.15, 0.2) is 24.3 Å². The Labute approximate surface area is 123 Å².